The van der Waals surface area contributed by atoms with Gasteiger partial charge in [0, 0.05) is 22.7 Å². The zero-order valence-corrected chi connectivity index (χ0v) is 16.6. The Morgan fingerprint density at radius 2 is 1.97 bits per heavy atom. The van der Waals surface area contributed by atoms with Crippen molar-refractivity contribution in [1.82, 2.24) is 4.98 Å². The highest BCUT2D eigenvalue weighted by Gasteiger charge is 2.17. The number of benzene rings is 2. The van der Waals surface area contributed by atoms with Gasteiger partial charge in [0.25, 0.3) is 5.91 Å². The van der Waals surface area contributed by atoms with Crippen LogP contribution in [0, 0.1) is 0 Å². The van der Waals surface area contributed by atoms with E-state index in [2.05, 4.69) is 20.4 Å². The first-order chi connectivity index (χ1) is 15.0. The predicted molar refractivity (Wildman–Crippen MR) is 108 cm³/mol. The van der Waals surface area contributed by atoms with Crippen LogP contribution in [0.1, 0.15) is 16.1 Å². The zero-order valence-electron chi connectivity index (χ0n) is 15.8. The number of alkyl halides is 2. The van der Waals surface area contributed by atoms with Crippen LogP contribution in [0.4, 0.5) is 19.6 Å². The number of halogens is 2. The topological polar surface area (TPSA) is 98.8 Å². The number of nitrogens with zero attached hydrogens (tertiary/aromatic N) is 1. The van der Waals surface area contributed by atoms with E-state index in [-0.39, 0.29) is 24.9 Å². The van der Waals surface area contributed by atoms with E-state index >= 15 is 0 Å². The Labute approximate surface area is 178 Å². The molecule has 0 saturated heterocycles. The molecule has 4 rings (SSSR count). The molecule has 31 heavy (non-hydrogen) atoms. The molecule has 0 atom stereocenters. The first kappa shape index (κ1) is 20.5. The van der Waals surface area contributed by atoms with Crippen molar-refractivity contribution in [3.05, 3.63) is 59.1 Å². The lowest BCUT2D eigenvalue weighted by Crippen LogP contribution is -2.15. The number of carbonyl (C=O) groups is 2. The maximum atomic E-state index is 12.4. The van der Waals surface area contributed by atoms with Crippen molar-refractivity contribution in [1.29, 1.82) is 0 Å². The van der Waals surface area contributed by atoms with Crippen LogP contribution in [0.15, 0.2) is 47.8 Å². The second-order valence-corrected chi connectivity index (χ2v) is 7.16. The van der Waals surface area contributed by atoms with Crippen molar-refractivity contribution in [3.63, 3.8) is 0 Å². The number of hydrogen-bond donors (Lipinski definition) is 2. The van der Waals surface area contributed by atoms with Crippen LogP contribution in [-0.2, 0) is 11.2 Å². The minimum atomic E-state index is -2.95. The van der Waals surface area contributed by atoms with E-state index in [1.165, 1.54) is 29.5 Å². The third kappa shape index (κ3) is 5.25. The summed E-state index contributed by atoms with van der Waals surface area (Å²) in [6.07, 6.45) is -0.0592. The Morgan fingerprint density at radius 3 is 2.81 bits per heavy atom. The molecular weight excluding hydrogens is 432 g/mol. The molecule has 0 unspecified atom stereocenters. The smallest absolute Gasteiger partial charge is 0.387 e. The van der Waals surface area contributed by atoms with Crippen molar-refractivity contribution in [3.8, 4) is 17.2 Å². The number of aromatic nitrogens is 1. The molecule has 0 radical (unpaired) electrons. The van der Waals surface area contributed by atoms with Crippen LogP contribution < -0.4 is 24.8 Å². The average molecular weight is 447 g/mol. The van der Waals surface area contributed by atoms with Gasteiger partial charge in [-0.05, 0) is 30.3 Å². The molecule has 2 aromatic carbocycles. The van der Waals surface area contributed by atoms with Gasteiger partial charge in [0.15, 0.2) is 16.6 Å². The molecule has 0 spiro atoms. The van der Waals surface area contributed by atoms with E-state index in [9.17, 15) is 18.4 Å². The summed E-state index contributed by atoms with van der Waals surface area (Å²) in [5.74, 6) is 0.236. The second-order valence-electron chi connectivity index (χ2n) is 6.30. The number of fused-ring (bicyclic) bond motifs is 1. The summed E-state index contributed by atoms with van der Waals surface area (Å²) in [6.45, 7) is -2.84. The van der Waals surface area contributed by atoms with Gasteiger partial charge in [0.05, 0.1) is 12.1 Å². The first-order valence-electron chi connectivity index (χ1n) is 8.96. The van der Waals surface area contributed by atoms with E-state index in [0.29, 0.717) is 33.6 Å². The molecular formula is C20H15F2N3O5S. The molecule has 0 saturated carbocycles. The van der Waals surface area contributed by atoms with Gasteiger partial charge in [-0.3, -0.25) is 14.9 Å². The van der Waals surface area contributed by atoms with Gasteiger partial charge in [-0.15, -0.1) is 11.3 Å². The third-order valence-electron chi connectivity index (χ3n) is 4.09. The maximum Gasteiger partial charge on any atom is 0.387 e. The standard InChI is InChI=1S/C20H15F2N3O5S/c21-19(22)30-14-3-1-2-12(7-14)23-17(26)8-13-9-31-20(24-13)25-18(27)11-4-5-15-16(6-11)29-10-28-15/h1-7,9,19H,8,10H2,(H,23,26)(H,24,25,27). The molecule has 8 nitrogen and oxygen atoms in total. The minimum absolute atomic E-state index is 0.0592. The van der Waals surface area contributed by atoms with Gasteiger partial charge in [-0.2, -0.15) is 8.78 Å². The summed E-state index contributed by atoms with van der Waals surface area (Å²) >= 11 is 1.17. The lowest BCUT2D eigenvalue weighted by Gasteiger charge is -2.08. The van der Waals surface area contributed by atoms with Gasteiger partial charge in [-0.25, -0.2) is 4.98 Å². The fourth-order valence-electron chi connectivity index (χ4n) is 2.77. The Kier molecular flexibility index (Phi) is 5.94. The van der Waals surface area contributed by atoms with Crippen molar-refractivity contribution >= 4 is 34.0 Å². The number of amides is 2. The number of carbonyl (C=O) groups excluding carboxylic acids is 2. The second kappa shape index (κ2) is 8.96. The lowest BCUT2D eigenvalue weighted by molar-refractivity contribution is -0.115. The van der Waals surface area contributed by atoms with E-state index in [1.54, 1.807) is 29.6 Å². The molecule has 0 aliphatic carbocycles. The van der Waals surface area contributed by atoms with Crippen LogP contribution in [-0.4, -0.2) is 30.2 Å². The molecule has 160 valence electrons. The maximum absolute atomic E-state index is 12.4. The molecule has 2 heterocycles. The van der Waals surface area contributed by atoms with Gasteiger partial charge >= 0.3 is 6.61 Å². The number of thiazole rings is 1. The summed E-state index contributed by atoms with van der Waals surface area (Å²) in [7, 11) is 0. The molecule has 1 aliphatic rings. The van der Waals surface area contributed by atoms with Gasteiger partial charge in [0.1, 0.15) is 5.75 Å². The van der Waals surface area contributed by atoms with Crippen molar-refractivity contribution in [2.75, 3.05) is 17.4 Å². The average Bonchev–Trinajstić information content (AvgIpc) is 3.36. The lowest BCUT2D eigenvalue weighted by atomic mass is 10.2. The number of ether oxygens (including phenoxy) is 3. The third-order valence-corrected chi connectivity index (χ3v) is 4.90. The number of nitrogens with one attached hydrogen (secondary N) is 2. The number of hydrogen-bond acceptors (Lipinski definition) is 7. The van der Waals surface area contributed by atoms with Crippen LogP contribution in [0.3, 0.4) is 0 Å². The van der Waals surface area contributed by atoms with Crippen molar-refractivity contribution in [2.45, 2.75) is 13.0 Å². The highest BCUT2D eigenvalue weighted by Crippen LogP contribution is 2.32. The quantitative estimate of drug-likeness (QED) is 0.570. The first-order valence-corrected chi connectivity index (χ1v) is 9.84. The molecule has 0 fully saturated rings. The van der Waals surface area contributed by atoms with Crippen LogP contribution in [0.2, 0.25) is 0 Å². The van der Waals surface area contributed by atoms with E-state index in [0.717, 1.165) is 0 Å². The van der Waals surface area contributed by atoms with Crippen molar-refractivity contribution < 1.29 is 32.6 Å². The highest BCUT2D eigenvalue weighted by molar-refractivity contribution is 7.14. The summed E-state index contributed by atoms with van der Waals surface area (Å²) in [4.78, 5) is 28.9. The van der Waals surface area contributed by atoms with E-state index < -0.39 is 12.5 Å². The van der Waals surface area contributed by atoms with E-state index in [4.69, 9.17) is 9.47 Å². The Morgan fingerprint density at radius 1 is 1.13 bits per heavy atom. The minimum Gasteiger partial charge on any atom is -0.454 e. The molecule has 2 amide bonds. The Hall–Kier alpha value is -3.73. The summed E-state index contributed by atoms with van der Waals surface area (Å²) in [5.41, 5.74) is 1.14. The summed E-state index contributed by atoms with van der Waals surface area (Å²) in [6, 6.07) is 10.5. The van der Waals surface area contributed by atoms with Crippen LogP contribution in [0.25, 0.3) is 0 Å². The number of rotatable bonds is 7. The van der Waals surface area contributed by atoms with Gasteiger partial charge in [-0.1, -0.05) is 6.07 Å². The number of anilines is 2. The van der Waals surface area contributed by atoms with E-state index in [1.807, 2.05) is 0 Å². The largest absolute Gasteiger partial charge is 0.454 e. The summed E-state index contributed by atoms with van der Waals surface area (Å²) < 4.78 is 39.4. The molecule has 3 aromatic rings. The zero-order chi connectivity index (χ0) is 21.8. The van der Waals surface area contributed by atoms with Gasteiger partial charge in [0.2, 0.25) is 12.7 Å². The summed E-state index contributed by atoms with van der Waals surface area (Å²) in [5, 5.41) is 7.24. The SMILES string of the molecule is O=C(Cc1csc(NC(=O)c2ccc3c(c2)OCO3)n1)Nc1cccc(OC(F)F)c1. The monoisotopic (exact) mass is 447 g/mol. The molecule has 11 heteroatoms. The van der Waals surface area contributed by atoms with Crippen LogP contribution in [0.5, 0.6) is 17.2 Å². The Bertz CT molecular complexity index is 1120. The van der Waals surface area contributed by atoms with Crippen LogP contribution >= 0.6 is 11.3 Å². The normalized spacial score (nSPS) is 12.0. The molecule has 0 bridgehead atoms. The van der Waals surface area contributed by atoms with Crippen molar-refractivity contribution in [2.24, 2.45) is 0 Å². The fourth-order valence-corrected chi connectivity index (χ4v) is 3.48. The Balaban J connectivity index is 1.33. The molecule has 2 N–H and O–H groups in total. The predicted octanol–water partition coefficient (Wildman–Crippen LogP) is 3.91. The van der Waals surface area contributed by atoms with Gasteiger partial charge < -0.3 is 19.5 Å². The molecule has 1 aliphatic heterocycles. The fraction of sp³-hybridized carbons (Fsp3) is 0.150. The highest BCUT2D eigenvalue weighted by atomic mass is 32.1. The molecule has 1 aromatic heterocycles.